The monoisotopic (exact) mass is 281 g/mol. The van der Waals surface area contributed by atoms with Crippen molar-refractivity contribution in [1.29, 1.82) is 0 Å². The minimum Gasteiger partial charge on any atom is -0.445 e. The third kappa shape index (κ3) is 3.64. The maximum absolute atomic E-state index is 12.0. The number of hydrogen-bond acceptors (Lipinski definition) is 4. The Morgan fingerprint density at radius 2 is 2.21 bits per heavy atom. The van der Waals surface area contributed by atoms with Crippen LogP contribution in [0.2, 0.25) is 0 Å². The summed E-state index contributed by atoms with van der Waals surface area (Å²) in [7, 11) is 0. The number of carbonyl (C=O) groups is 1. The molecule has 1 heterocycles. The number of likely N-dealkylation sites (tertiary alicyclic amines) is 1. The van der Waals surface area contributed by atoms with Crippen molar-refractivity contribution >= 4 is 17.9 Å². The number of thioether (sulfide) groups is 1. The molecule has 1 fully saturated rings. The fraction of sp³-hybridized carbons (Fsp3) is 0.500. The summed E-state index contributed by atoms with van der Waals surface area (Å²) in [4.78, 5) is 13.7. The van der Waals surface area contributed by atoms with Gasteiger partial charge in [-0.05, 0) is 18.2 Å². The van der Waals surface area contributed by atoms with Gasteiger partial charge in [-0.15, -0.1) is 0 Å². The minimum absolute atomic E-state index is 0.00248. The Morgan fingerprint density at radius 3 is 2.84 bits per heavy atom. The second-order valence-corrected chi connectivity index (χ2v) is 5.76. The third-order valence-electron chi connectivity index (χ3n) is 3.36. The molecule has 1 aromatic rings. The van der Waals surface area contributed by atoms with E-state index >= 15 is 0 Å². The largest absolute Gasteiger partial charge is 0.445 e. The van der Waals surface area contributed by atoms with Gasteiger partial charge in [-0.2, -0.15) is 11.8 Å². The van der Waals surface area contributed by atoms with Crippen LogP contribution in [0.3, 0.4) is 0 Å². The number of aliphatic hydroxyl groups is 1. The third-order valence-corrected chi connectivity index (χ3v) is 4.37. The summed E-state index contributed by atoms with van der Waals surface area (Å²) in [6, 6.07) is 9.49. The van der Waals surface area contributed by atoms with E-state index in [0.29, 0.717) is 11.8 Å². The molecule has 1 saturated heterocycles. The smallest absolute Gasteiger partial charge is 0.410 e. The highest BCUT2D eigenvalue weighted by molar-refractivity contribution is 7.99. The molecule has 1 aromatic carbocycles. The van der Waals surface area contributed by atoms with Crippen LogP contribution in [-0.2, 0) is 11.3 Å². The predicted molar refractivity (Wildman–Crippen MR) is 76.1 cm³/mol. The van der Waals surface area contributed by atoms with Crippen molar-refractivity contribution in [1.82, 2.24) is 4.90 Å². The Bertz CT molecular complexity index is 412. The summed E-state index contributed by atoms with van der Waals surface area (Å²) < 4.78 is 5.30. The first kappa shape index (κ1) is 14.2. The van der Waals surface area contributed by atoms with Crippen LogP contribution in [0, 0.1) is 0 Å². The highest BCUT2D eigenvalue weighted by Crippen LogP contribution is 2.26. The molecule has 0 radical (unpaired) electrons. The van der Waals surface area contributed by atoms with Gasteiger partial charge in [0.25, 0.3) is 0 Å². The zero-order chi connectivity index (χ0) is 13.7. The first-order valence-corrected chi connectivity index (χ1v) is 7.64. The van der Waals surface area contributed by atoms with E-state index in [1.54, 1.807) is 16.7 Å². The van der Waals surface area contributed by atoms with Gasteiger partial charge in [0, 0.05) is 11.8 Å². The molecule has 19 heavy (non-hydrogen) atoms. The van der Waals surface area contributed by atoms with Gasteiger partial charge in [0.05, 0.1) is 12.6 Å². The minimum atomic E-state index is -0.334. The second-order valence-electron chi connectivity index (χ2n) is 4.62. The zero-order valence-corrected chi connectivity index (χ0v) is 11.8. The topological polar surface area (TPSA) is 49.8 Å². The number of aliphatic hydroxyl groups excluding tert-OH is 1. The molecule has 2 rings (SSSR count). The van der Waals surface area contributed by atoms with Gasteiger partial charge < -0.3 is 14.7 Å². The van der Waals surface area contributed by atoms with Crippen molar-refractivity contribution in [3.63, 3.8) is 0 Å². The molecule has 0 unspecified atom stereocenters. The molecule has 4 nitrogen and oxygen atoms in total. The number of benzene rings is 1. The lowest BCUT2D eigenvalue weighted by molar-refractivity contribution is 0.0796. The number of rotatable bonds is 4. The van der Waals surface area contributed by atoms with Crippen LogP contribution in [0.25, 0.3) is 0 Å². The molecule has 1 amide bonds. The quantitative estimate of drug-likeness (QED) is 0.918. The second kappa shape index (κ2) is 6.82. The van der Waals surface area contributed by atoms with E-state index in [0.717, 1.165) is 12.0 Å². The highest BCUT2D eigenvalue weighted by atomic mass is 32.2. The number of carbonyl (C=O) groups excluding carboxylic acids is 1. The Balaban J connectivity index is 1.89. The summed E-state index contributed by atoms with van der Waals surface area (Å²) in [5.41, 5.74) is 0.969. The molecule has 2 atom stereocenters. The molecular weight excluding hydrogens is 262 g/mol. The number of ether oxygens (including phenoxy) is 1. The Labute approximate surface area is 117 Å². The zero-order valence-electron chi connectivity index (χ0n) is 11.0. The van der Waals surface area contributed by atoms with Gasteiger partial charge in [0.2, 0.25) is 0 Å². The van der Waals surface area contributed by atoms with Crippen LogP contribution in [0.15, 0.2) is 30.3 Å². The van der Waals surface area contributed by atoms with Crippen molar-refractivity contribution < 1.29 is 14.6 Å². The predicted octanol–water partition coefficient (Wildman–Crippen LogP) is 2.12. The van der Waals surface area contributed by atoms with Gasteiger partial charge in [0.15, 0.2) is 0 Å². The van der Waals surface area contributed by atoms with E-state index in [4.69, 9.17) is 4.74 Å². The lowest BCUT2D eigenvalue weighted by Gasteiger charge is -2.22. The molecular formula is C14H19NO3S. The number of nitrogens with zero attached hydrogens (tertiary/aromatic N) is 1. The molecule has 0 aliphatic carbocycles. The van der Waals surface area contributed by atoms with Crippen LogP contribution in [-0.4, -0.2) is 46.8 Å². The SMILES string of the molecule is CS[C@H]1C[C@@H](CO)N(C(=O)OCc2ccccc2)C1. The van der Waals surface area contributed by atoms with Crippen molar-refractivity contribution in [2.45, 2.75) is 24.3 Å². The van der Waals surface area contributed by atoms with Gasteiger partial charge in [-0.25, -0.2) is 4.79 Å². The molecule has 5 heteroatoms. The summed E-state index contributed by atoms with van der Waals surface area (Å²) in [5.74, 6) is 0. The molecule has 0 bridgehead atoms. The summed E-state index contributed by atoms with van der Waals surface area (Å²) >= 11 is 1.73. The molecule has 1 aliphatic rings. The lowest BCUT2D eigenvalue weighted by atomic mass is 10.2. The fourth-order valence-electron chi connectivity index (χ4n) is 2.24. The van der Waals surface area contributed by atoms with Crippen molar-refractivity contribution in [3.05, 3.63) is 35.9 Å². The van der Waals surface area contributed by atoms with Gasteiger partial charge in [-0.3, -0.25) is 0 Å². The molecule has 0 saturated carbocycles. The van der Waals surface area contributed by atoms with Gasteiger partial charge >= 0.3 is 6.09 Å². The van der Waals surface area contributed by atoms with E-state index in [9.17, 15) is 9.90 Å². The van der Waals surface area contributed by atoms with Crippen LogP contribution in [0.5, 0.6) is 0 Å². The average molecular weight is 281 g/mol. The van der Waals surface area contributed by atoms with Crippen LogP contribution in [0.4, 0.5) is 4.79 Å². The first-order chi connectivity index (χ1) is 9.24. The Kier molecular flexibility index (Phi) is 5.10. The summed E-state index contributed by atoms with van der Waals surface area (Å²) in [5, 5.41) is 9.72. The highest BCUT2D eigenvalue weighted by Gasteiger charge is 2.35. The Hall–Kier alpha value is -1.20. The van der Waals surface area contributed by atoms with Crippen LogP contribution >= 0.6 is 11.8 Å². The van der Waals surface area contributed by atoms with Crippen molar-refractivity contribution in [3.8, 4) is 0 Å². The van der Waals surface area contributed by atoms with E-state index in [-0.39, 0.29) is 25.3 Å². The van der Waals surface area contributed by atoms with E-state index in [2.05, 4.69) is 0 Å². The van der Waals surface area contributed by atoms with E-state index in [1.165, 1.54) is 0 Å². The normalized spacial score (nSPS) is 22.5. The van der Waals surface area contributed by atoms with Crippen molar-refractivity contribution in [2.24, 2.45) is 0 Å². The standard InChI is InChI=1S/C14H19NO3S/c1-19-13-7-12(9-16)15(8-13)14(17)18-10-11-5-3-2-4-6-11/h2-6,12-13,16H,7-10H2,1H3/t12-,13-/m0/s1. The molecule has 1 aliphatic heterocycles. The van der Waals surface area contributed by atoms with Gasteiger partial charge in [-0.1, -0.05) is 30.3 Å². The number of amides is 1. The maximum atomic E-state index is 12.0. The van der Waals surface area contributed by atoms with E-state index in [1.807, 2.05) is 36.6 Å². The average Bonchev–Trinajstić information content (AvgIpc) is 2.89. The van der Waals surface area contributed by atoms with Crippen LogP contribution in [0.1, 0.15) is 12.0 Å². The molecule has 0 spiro atoms. The first-order valence-electron chi connectivity index (χ1n) is 6.35. The molecule has 0 aromatic heterocycles. The Morgan fingerprint density at radius 1 is 1.47 bits per heavy atom. The van der Waals surface area contributed by atoms with Crippen molar-refractivity contribution in [2.75, 3.05) is 19.4 Å². The fourth-order valence-corrected chi connectivity index (χ4v) is 2.97. The lowest BCUT2D eigenvalue weighted by Crippen LogP contribution is -2.38. The molecule has 1 N–H and O–H groups in total. The maximum Gasteiger partial charge on any atom is 0.410 e. The van der Waals surface area contributed by atoms with Gasteiger partial charge in [0.1, 0.15) is 6.61 Å². The van der Waals surface area contributed by atoms with E-state index < -0.39 is 0 Å². The number of hydrogen-bond donors (Lipinski definition) is 1. The summed E-state index contributed by atoms with van der Waals surface area (Å²) in [6.07, 6.45) is 2.52. The molecule has 104 valence electrons. The summed E-state index contributed by atoms with van der Waals surface area (Å²) in [6.45, 7) is 0.926. The van der Waals surface area contributed by atoms with Crippen LogP contribution < -0.4 is 0 Å².